The Kier molecular flexibility index (Phi) is 4.39. The molecule has 7 atom stereocenters. The Morgan fingerprint density at radius 2 is 1.85 bits per heavy atom. The molecule has 0 aromatic rings. The molecule has 5 N–H and O–H groups in total. The van der Waals surface area contributed by atoms with Gasteiger partial charge in [-0.25, -0.2) is 10.2 Å². The van der Waals surface area contributed by atoms with Gasteiger partial charge in [-0.1, -0.05) is 13.8 Å². The summed E-state index contributed by atoms with van der Waals surface area (Å²) in [6.07, 6.45) is 11.4. The molecule has 0 heterocycles. The van der Waals surface area contributed by atoms with Crippen molar-refractivity contribution in [2.75, 3.05) is 0 Å². The molecule has 6 nitrogen and oxygen atoms in total. The molecule has 0 bridgehead atoms. The zero-order valence-corrected chi connectivity index (χ0v) is 16.7. The third-order valence-electron chi connectivity index (χ3n) is 9.22. The lowest BCUT2D eigenvalue weighted by molar-refractivity contribution is -0.205. The number of fused-ring (bicyclic) bond motifs is 5. The van der Waals surface area contributed by atoms with Crippen LogP contribution in [0.15, 0.2) is 5.10 Å². The van der Waals surface area contributed by atoms with E-state index in [1.807, 2.05) is 0 Å². The first kappa shape index (κ1) is 19.2. The Labute approximate surface area is 162 Å². The van der Waals surface area contributed by atoms with Crippen LogP contribution in [0.25, 0.3) is 0 Å². The number of urea groups is 1. The Morgan fingerprint density at radius 1 is 1.07 bits per heavy atom. The molecule has 0 aliphatic heterocycles. The molecule has 6 heteroatoms. The van der Waals surface area contributed by atoms with E-state index in [1.165, 1.54) is 12.6 Å². The van der Waals surface area contributed by atoms with Crippen LogP contribution in [0.3, 0.4) is 0 Å². The minimum absolute atomic E-state index is 0.0971. The zero-order valence-electron chi connectivity index (χ0n) is 16.7. The summed E-state index contributed by atoms with van der Waals surface area (Å²) in [7, 11) is 0. The lowest BCUT2D eigenvalue weighted by Crippen LogP contribution is -2.62. The first-order valence-electron chi connectivity index (χ1n) is 10.7. The summed E-state index contributed by atoms with van der Waals surface area (Å²) in [5.74, 6) is 1.36. The molecule has 0 unspecified atom stereocenters. The number of hydrogen-bond donors (Lipinski definition) is 4. The first-order chi connectivity index (χ1) is 12.6. The van der Waals surface area contributed by atoms with Crippen molar-refractivity contribution < 1.29 is 15.0 Å². The third-order valence-corrected chi connectivity index (χ3v) is 9.22. The number of carbonyl (C=O) groups excluding carboxylic acids is 1. The molecular weight excluding hydrogens is 342 g/mol. The maximum atomic E-state index is 11.7. The van der Waals surface area contributed by atoms with E-state index >= 15 is 0 Å². The van der Waals surface area contributed by atoms with Gasteiger partial charge in [0, 0.05) is 0 Å². The van der Waals surface area contributed by atoms with E-state index in [1.54, 1.807) is 0 Å². The van der Waals surface area contributed by atoms with Crippen molar-refractivity contribution in [3.63, 3.8) is 0 Å². The van der Waals surface area contributed by atoms with Gasteiger partial charge in [-0.3, -0.25) is 0 Å². The number of hydrazone groups is 1. The largest absolute Gasteiger partial charge is 0.389 e. The van der Waals surface area contributed by atoms with Gasteiger partial charge >= 0.3 is 6.03 Å². The molecular formula is C21H35N3O3. The van der Waals surface area contributed by atoms with Crippen LogP contribution < -0.4 is 11.2 Å². The number of nitrogens with one attached hydrogen (secondary N) is 1. The molecule has 0 radical (unpaired) electrons. The number of rotatable bonds is 2. The van der Waals surface area contributed by atoms with Gasteiger partial charge in [-0.15, -0.1) is 0 Å². The Hall–Kier alpha value is -1.14. The summed E-state index contributed by atoms with van der Waals surface area (Å²) < 4.78 is 0. The number of primary amides is 1. The highest BCUT2D eigenvalue weighted by molar-refractivity contribution is 5.75. The third kappa shape index (κ3) is 2.82. The van der Waals surface area contributed by atoms with Crippen molar-refractivity contribution in [1.29, 1.82) is 0 Å². The normalized spacial score (nSPS) is 52.1. The predicted molar refractivity (Wildman–Crippen MR) is 104 cm³/mol. The molecule has 152 valence electrons. The Balaban J connectivity index is 1.54. The van der Waals surface area contributed by atoms with Gasteiger partial charge in [0.15, 0.2) is 0 Å². The molecule has 4 rings (SSSR count). The van der Waals surface area contributed by atoms with Crippen molar-refractivity contribution in [2.24, 2.45) is 39.4 Å². The van der Waals surface area contributed by atoms with Crippen molar-refractivity contribution in [1.82, 2.24) is 5.43 Å². The van der Waals surface area contributed by atoms with Gasteiger partial charge in [0.2, 0.25) is 0 Å². The van der Waals surface area contributed by atoms with E-state index in [2.05, 4.69) is 24.4 Å². The average Bonchev–Trinajstić information content (AvgIpc) is 2.91. The van der Waals surface area contributed by atoms with Gasteiger partial charge in [0.25, 0.3) is 0 Å². The molecule has 4 fully saturated rings. The van der Waals surface area contributed by atoms with Gasteiger partial charge in [-0.2, -0.15) is 5.10 Å². The van der Waals surface area contributed by atoms with Crippen LogP contribution in [0.5, 0.6) is 0 Å². The summed E-state index contributed by atoms with van der Waals surface area (Å²) in [6, 6.07) is -0.717. The standard InChI is InChI=1S/C21H35N3O3/c1-18-7-3-8-21(18,27)16-5-4-14-12-20(26,13-23-24-17(22)25)11-10-19(14,2)15(16)6-9-18/h13-16,26-27H,3-12H2,1-2H3,(H3,22,24,25)/t14-,15+,16-,18+,19+,20+,21+/m1/s1. The second-order valence-corrected chi connectivity index (χ2v) is 10.4. The predicted octanol–water partition coefficient (Wildman–Crippen LogP) is 2.92. The lowest BCUT2D eigenvalue weighted by Gasteiger charge is -2.63. The van der Waals surface area contributed by atoms with E-state index in [0.717, 1.165) is 44.9 Å². The molecule has 4 saturated carbocycles. The minimum Gasteiger partial charge on any atom is -0.389 e. The van der Waals surface area contributed by atoms with Crippen LogP contribution in [-0.2, 0) is 0 Å². The van der Waals surface area contributed by atoms with Gasteiger partial charge in [0.05, 0.1) is 11.8 Å². The lowest BCUT2D eigenvalue weighted by atomic mass is 9.43. The van der Waals surface area contributed by atoms with E-state index in [0.29, 0.717) is 30.6 Å². The van der Waals surface area contributed by atoms with Gasteiger partial charge < -0.3 is 15.9 Å². The quantitative estimate of drug-likeness (QED) is 0.439. The smallest absolute Gasteiger partial charge is 0.332 e. The van der Waals surface area contributed by atoms with Crippen LogP contribution in [0.1, 0.15) is 78.1 Å². The summed E-state index contributed by atoms with van der Waals surface area (Å²) in [4.78, 5) is 10.8. The second-order valence-electron chi connectivity index (χ2n) is 10.4. The van der Waals surface area contributed by atoms with Crippen LogP contribution in [0.4, 0.5) is 4.79 Å². The fourth-order valence-corrected chi connectivity index (χ4v) is 7.56. The van der Waals surface area contributed by atoms with E-state index < -0.39 is 17.2 Å². The molecule has 27 heavy (non-hydrogen) atoms. The molecule has 4 aliphatic carbocycles. The number of aliphatic hydroxyl groups is 2. The van der Waals surface area contributed by atoms with Crippen LogP contribution in [0, 0.1) is 28.6 Å². The van der Waals surface area contributed by atoms with Crippen molar-refractivity contribution >= 4 is 12.2 Å². The maximum Gasteiger partial charge on any atom is 0.332 e. The van der Waals surface area contributed by atoms with Crippen LogP contribution >= 0.6 is 0 Å². The molecule has 0 aromatic heterocycles. The summed E-state index contributed by atoms with van der Waals surface area (Å²) in [6.45, 7) is 4.71. The summed E-state index contributed by atoms with van der Waals surface area (Å²) >= 11 is 0. The summed E-state index contributed by atoms with van der Waals surface area (Å²) in [5, 5.41) is 26.5. The fourth-order valence-electron chi connectivity index (χ4n) is 7.56. The molecule has 4 aliphatic rings. The molecule has 0 aromatic carbocycles. The maximum absolute atomic E-state index is 11.7. The molecule has 2 amide bonds. The van der Waals surface area contributed by atoms with Crippen LogP contribution in [0.2, 0.25) is 0 Å². The highest BCUT2D eigenvalue weighted by Crippen LogP contribution is 2.68. The molecule has 0 spiro atoms. The van der Waals surface area contributed by atoms with Crippen LogP contribution in [-0.4, -0.2) is 33.7 Å². The average molecular weight is 378 g/mol. The second kappa shape index (κ2) is 6.18. The van der Waals surface area contributed by atoms with Gasteiger partial charge in [-0.05, 0) is 92.8 Å². The van der Waals surface area contributed by atoms with E-state index in [9.17, 15) is 15.0 Å². The number of amides is 2. The number of nitrogens with two attached hydrogens (primary N) is 1. The Bertz CT molecular complexity index is 655. The topological polar surface area (TPSA) is 108 Å². The van der Waals surface area contributed by atoms with E-state index in [-0.39, 0.29) is 10.8 Å². The van der Waals surface area contributed by atoms with Gasteiger partial charge in [0.1, 0.15) is 5.60 Å². The number of nitrogens with zero attached hydrogens (tertiary/aromatic N) is 1. The highest BCUT2D eigenvalue weighted by atomic mass is 16.3. The van der Waals surface area contributed by atoms with Crippen molar-refractivity contribution in [3.8, 4) is 0 Å². The zero-order chi connectivity index (χ0) is 19.5. The highest BCUT2D eigenvalue weighted by Gasteiger charge is 2.65. The van der Waals surface area contributed by atoms with Crippen molar-refractivity contribution in [2.45, 2.75) is 89.3 Å². The SMILES string of the molecule is C[C@]12CC[C@@](O)(C=NNC(N)=O)C[C@H]1CC[C@@H]1[C@@H]2CC[C@]2(C)CCC[C@]12O. The fraction of sp³-hybridized carbons (Fsp3) is 0.905. The molecule has 0 saturated heterocycles. The summed E-state index contributed by atoms with van der Waals surface area (Å²) in [5.41, 5.74) is 6.03. The first-order valence-corrected chi connectivity index (χ1v) is 10.7. The monoisotopic (exact) mass is 377 g/mol. The number of hydrogen-bond acceptors (Lipinski definition) is 4. The minimum atomic E-state index is -0.979. The number of carbonyl (C=O) groups is 1. The van der Waals surface area contributed by atoms with E-state index in [4.69, 9.17) is 5.73 Å². The Morgan fingerprint density at radius 3 is 2.59 bits per heavy atom. The van der Waals surface area contributed by atoms with Crippen molar-refractivity contribution in [3.05, 3.63) is 0 Å².